The number of aromatic hydroxyl groups is 1. The van der Waals surface area contributed by atoms with Crippen molar-refractivity contribution in [2.24, 2.45) is 5.92 Å². The van der Waals surface area contributed by atoms with Gasteiger partial charge in [0.05, 0.1) is 0 Å². The molecule has 3 heteroatoms. The van der Waals surface area contributed by atoms with Crippen molar-refractivity contribution in [2.45, 2.75) is 32.9 Å². The minimum Gasteiger partial charge on any atom is -0.508 e. The number of nitrogens with one attached hydrogen (secondary N) is 1. The molecule has 0 heterocycles. The molecule has 0 aromatic heterocycles. The molecule has 90 valence electrons. The summed E-state index contributed by atoms with van der Waals surface area (Å²) in [6.07, 6.45) is 0. The van der Waals surface area contributed by atoms with Gasteiger partial charge in [0.15, 0.2) is 0 Å². The largest absolute Gasteiger partial charge is 0.508 e. The summed E-state index contributed by atoms with van der Waals surface area (Å²) >= 11 is 0. The molecular weight excluding hydrogens is 202 g/mol. The Morgan fingerprint density at radius 1 is 1.12 bits per heavy atom. The highest BCUT2D eigenvalue weighted by molar-refractivity contribution is 5.27. The van der Waals surface area contributed by atoms with Gasteiger partial charge in [-0.1, -0.05) is 19.1 Å². The molecule has 16 heavy (non-hydrogen) atoms. The van der Waals surface area contributed by atoms with E-state index in [1.54, 1.807) is 12.1 Å². The van der Waals surface area contributed by atoms with Crippen LogP contribution in [0.5, 0.6) is 5.75 Å². The molecule has 3 N–H and O–H groups in total. The van der Waals surface area contributed by atoms with Gasteiger partial charge < -0.3 is 15.5 Å². The Balaban J connectivity index is 2.58. The van der Waals surface area contributed by atoms with Gasteiger partial charge in [0.25, 0.3) is 0 Å². The summed E-state index contributed by atoms with van der Waals surface area (Å²) < 4.78 is 0. The monoisotopic (exact) mass is 223 g/mol. The average molecular weight is 223 g/mol. The molecule has 0 aliphatic carbocycles. The van der Waals surface area contributed by atoms with Gasteiger partial charge in [-0.25, -0.2) is 0 Å². The van der Waals surface area contributed by atoms with Crippen molar-refractivity contribution in [3.05, 3.63) is 29.8 Å². The molecule has 3 unspecified atom stereocenters. The molecule has 0 spiro atoms. The van der Waals surface area contributed by atoms with Crippen LogP contribution in [-0.2, 0) is 0 Å². The molecule has 0 amide bonds. The van der Waals surface area contributed by atoms with Crippen LogP contribution in [0, 0.1) is 5.92 Å². The Kier molecular flexibility index (Phi) is 4.77. The highest BCUT2D eigenvalue weighted by Crippen LogP contribution is 2.17. The lowest BCUT2D eigenvalue weighted by Gasteiger charge is -2.24. The van der Waals surface area contributed by atoms with Crippen molar-refractivity contribution in [1.82, 2.24) is 5.32 Å². The molecule has 0 saturated heterocycles. The fourth-order valence-electron chi connectivity index (χ4n) is 1.58. The first kappa shape index (κ1) is 13.0. The molecule has 0 radical (unpaired) electrons. The highest BCUT2D eigenvalue weighted by Gasteiger charge is 2.14. The summed E-state index contributed by atoms with van der Waals surface area (Å²) in [6, 6.07) is 7.66. The number of aliphatic hydroxyl groups excluding tert-OH is 1. The van der Waals surface area contributed by atoms with E-state index >= 15 is 0 Å². The van der Waals surface area contributed by atoms with E-state index in [-0.39, 0.29) is 30.4 Å². The van der Waals surface area contributed by atoms with Gasteiger partial charge in [-0.3, -0.25) is 0 Å². The summed E-state index contributed by atoms with van der Waals surface area (Å²) in [5.74, 6) is 0.521. The predicted octanol–water partition coefficient (Wildman–Crippen LogP) is 2.06. The second kappa shape index (κ2) is 5.87. The molecular formula is C13H21NO2. The fraction of sp³-hybridized carbons (Fsp3) is 0.538. The number of phenolic OH excluding ortho intramolecular Hbond substituents is 1. The third kappa shape index (κ3) is 3.51. The molecule has 0 saturated carbocycles. The SMILES string of the molecule is CC(NC(C)C(C)CO)c1ccc(O)cc1. The van der Waals surface area contributed by atoms with Crippen LogP contribution in [0.25, 0.3) is 0 Å². The molecule has 1 aromatic carbocycles. The number of phenols is 1. The first-order valence-corrected chi connectivity index (χ1v) is 5.70. The van der Waals surface area contributed by atoms with Gasteiger partial charge in [0.2, 0.25) is 0 Å². The van der Waals surface area contributed by atoms with Gasteiger partial charge in [-0.2, -0.15) is 0 Å². The summed E-state index contributed by atoms with van der Waals surface area (Å²) in [5.41, 5.74) is 1.13. The third-order valence-electron chi connectivity index (χ3n) is 3.05. The average Bonchev–Trinajstić information content (AvgIpc) is 2.28. The number of aliphatic hydroxyl groups is 1. The Hall–Kier alpha value is -1.06. The van der Waals surface area contributed by atoms with Crippen LogP contribution in [0.1, 0.15) is 32.4 Å². The van der Waals surface area contributed by atoms with E-state index in [9.17, 15) is 5.11 Å². The van der Waals surface area contributed by atoms with Crippen molar-refractivity contribution < 1.29 is 10.2 Å². The van der Waals surface area contributed by atoms with E-state index < -0.39 is 0 Å². The van der Waals surface area contributed by atoms with Crippen LogP contribution in [0.2, 0.25) is 0 Å². The van der Waals surface area contributed by atoms with Crippen molar-refractivity contribution in [3.63, 3.8) is 0 Å². The normalized spacial score (nSPS) is 16.8. The zero-order chi connectivity index (χ0) is 12.1. The fourth-order valence-corrected chi connectivity index (χ4v) is 1.58. The topological polar surface area (TPSA) is 52.5 Å². The van der Waals surface area contributed by atoms with Gasteiger partial charge >= 0.3 is 0 Å². The van der Waals surface area contributed by atoms with Gasteiger partial charge in [-0.05, 0) is 37.5 Å². The van der Waals surface area contributed by atoms with Gasteiger partial charge in [0.1, 0.15) is 5.75 Å². The van der Waals surface area contributed by atoms with E-state index in [4.69, 9.17) is 5.11 Å². The second-order valence-electron chi connectivity index (χ2n) is 4.43. The van der Waals surface area contributed by atoms with Gasteiger partial charge in [0, 0.05) is 18.7 Å². The molecule has 1 aromatic rings. The molecule has 3 nitrogen and oxygen atoms in total. The number of hydrogen-bond donors (Lipinski definition) is 3. The van der Waals surface area contributed by atoms with Crippen LogP contribution >= 0.6 is 0 Å². The van der Waals surface area contributed by atoms with Crippen LogP contribution in [0.4, 0.5) is 0 Å². The maximum absolute atomic E-state index is 9.19. The van der Waals surface area contributed by atoms with E-state index in [2.05, 4.69) is 19.2 Å². The van der Waals surface area contributed by atoms with Crippen molar-refractivity contribution in [1.29, 1.82) is 0 Å². The maximum atomic E-state index is 9.19. The van der Waals surface area contributed by atoms with Crippen LogP contribution in [-0.4, -0.2) is 22.9 Å². The lowest BCUT2D eigenvalue weighted by Crippen LogP contribution is -2.35. The molecule has 3 atom stereocenters. The number of rotatable bonds is 5. The first-order valence-electron chi connectivity index (χ1n) is 5.70. The van der Waals surface area contributed by atoms with Crippen molar-refractivity contribution in [2.75, 3.05) is 6.61 Å². The lowest BCUT2D eigenvalue weighted by molar-refractivity contribution is 0.202. The highest BCUT2D eigenvalue weighted by atomic mass is 16.3. The molecule has 0 bridgehead atoms. The predicted molar refractivity (Wildman–Crippen MR) is 65.4 cm³/mol. The molecule has 1 rings (SSSR count). The molecule has 0 aliphatic heterocycles. The summed E-state index contributed by atoms with van der Waals surface area (Å²) in [5, 5.41) is 21.7. The van der Waals surface area contributed by atoms with Crippen molar-refractivity contribution >= 4 is 0 Å². The number of benzene rings is 1. The summed E-state index contributed by atoms with van der Waals surface area (Å²) in [4.78, 5) is 0. The second-order valence-corrected chi connectivity index (χ2v) is 4.43. The third-order valence-corrected chi connectivity index (χ3v) is 3.05. The van der Waals surface area contributed by atoms with Crippen LogP contribution in [0.3, 0.4) is 0 Å². The first-order chi connectivity index (χ1) is 7.54. The molecule has 0 aliphatic rings. The zero-order valence-electron chi connectivity index (χ0n) is 10.1. The Morgan fingerprint density at radius 3 is 2.19 bits per heavy atom. The van der Waals surface area contributed by atoms with E-state index in [0.29, 0.717) is 0 Å². The smallest absolute Gasteiger partial charge is 0.115 e. The Bertz CT molecular complexity index is 310. The molecule has 0 fully saturated rings. The minimum atomic E-state index is 0.191. The van der Waals surface area contributed by atoms with Crippen molar-refractivity contribution in [3.8, 4) is 5.75 Å². The lowest BCUT2D eigenvalue weighted by atomic mass is 10.0. The minimum absolute atomic E-state index is 0.191. The van der Waals surface area contributed by atoms with Gasteiger partial charge in [-0.15, -0.1) is 0 Å². The van der Waals surface area contributed by atoms with E-state index in [1.165, 1.54) is 0 Å². The van der Waals surface area contributed by atoms with Crippen LogP contribution in [0.15, 0.2) is 24.3 Å². The van der Waals surface area contributed by atoms with E-state index in [0.717, 1.165) is 5.56 Å². The maximum Gasteiger partial charge on any atom is 0.115 e. The number of hydrogen-bond acceptors (Lipinski definition) is 3. The quantitative estimate of drug-likeness (QED) is 0.716. The zero-order valence-corrected chi connectivity index (χ0v) is 10.1. The Labute approximate surface area is 97.1 Å². The Morgan fingerprint density at radius 2 is 1.69 bits per heavy atom. The standard InChI is InChI=1S/C13H21NO2/c1-9(8-15)10(2)14-11(3)12-4-6-13(16)7-5-12/h4-7,9-11,14-16H,8H2,1-3H3. The summed E-state index contributed by atoms with van der Waals surface area (Å²) in [7, 11) is 0. The summed E-state index contributed by atoms with van der Waals surface area (Å²) in [6.45, 7) is 6.35. The van der Waals surface area contributed by atoms with E-state index in [1.807, 2.05) is 19.1 Å². The van der Waals surface area contributed by atoms with Crippen LogP contribution < -0.4 is 5.32 Å².